The highest BCUT2D eigenvalue weighted by Crippen LogP contribution is 2.46. The van der Waals surface area contributed by atoms with Gasteiger partial charge in [-0.25, -0.2) is 14.4 Å². The Bertz CT molecular complexity index is 1010. The summed E-state index contributed by atoms with van der Waals surface area (Å²) in [5.74, 6) is -2.59. The van der Waals surface area contributed by atoms with E-state index < -0.39 is 29.1 Å². The first-order valence-electron chi connectivity index (χ1n) is 9.97. The van der Waals surface area contributed by atoms with E-state index >= 15 is 0 Å². The predicted octanol–water partition coefficient (Wildman–Crippen LogP) is 3.73. The molecule has 1 aliphatic carbocycles. The number of carbonyl (C=O) groups is 2. The third-order valence-corrected chi connectivity index (χ3v) is 5.95. The standard InChI is InChI=1S/C21H20F4N4O2/c22-14-4-1-3-13(11-14)17(30)27-15-5-2-7-20(12-15)8-10-29(19(20)31)16-6-9-26-18(28-16)21(23,24)25/h1,3-4,6,9,11,15H,2,5,7-8,10,12H2,(H,27,30). The molecule has 1 N–H and O–H groups in total. The van der Waals surface area contributed by atoms with Gasteiger partial charge in [-0.3, -0.25) is 14.5 Å². The number of nitrogens with zero attached hydrogens (tertiary/aromatic N) is 3. The van der Waals surface area contributed by atoms with Crippen molar-refractivity contribution in [2.24, 2.45) is 5.41 Å². The number of amides is 2. The maximum atomic E-state index is 13.4. The summed E-state index contributed by atoms with van der Waals surface area (Å²) in [5.41, 5.74) is -0.568. The first kappa shape index (κ1) is 21.2. The quantitative estimate of drug-likeness (QED) is 0.744. The summed E-state index contributed by atoms with van der Waals surface area (Å²) in [7, 11) is 0. The van der Waals surface area contributed by atoms with E-state index in [4.69, 9.17) is 0 Å². The van der Waals surface area contributed by atoms with Gasteiger partial charge in [-0.15, -0.1) is 0 Å². The molecule has 1 aliphatic heterocycles. The number of benzene rings is 1. The predicted molar refractivity (Wildman–Crippen MR) is 103 cm³/mol. The van der Waals surface area contributed by atoms with Gasteiger partial charge in [-0.2, -0.15) is 13.2 Å². The Hall–Kier alpha value is -3.04. The number of aromatic nitrogens is 2. The highest BCUT2D eigenvalue weighted by molar-refractivity contribution is 5.99. The van der Waals surface area contributed by atoms with Gasteiger partial charge in [0, 0.05) is 24.3 Å². The molecule has 2 amide bonds. The lowest BCUT2D eigenvalue weighted by Crippen LogP contribution is -2.46. The SMILES string of the molecule is O=C(NC1CCCC2(CCN(c3ccnc(C(F)(F)F)n3)C2=O)C1)c1cccc(F)c1. The van der Waals surface area contributed by atoms with Crippen molar-refractivity contribution in [3.8, 4) is 0 Å². The van der Waals surface area contributed by atoms with Crippen LogP contribution in [0.1, 0.15) is 48.3 Å². The number of alkyl halides is 3. The normalized spacial score (nSPS) is 23.9. The number of hydrogen-bond acceptors (Lipinski definition) is 4. The Labute approximate surface area is 175 Å². The highest BCUT2D eigenvalue weighted by Gasteiger charge is 2.50. The molecule has 6 nitrogen and oxygen atoms in total. The molecule has 31 heavy (non-hydrogen) atoms. The molecule has 0 radical (unpaired) electrons. The van der Waals surface area contributed by atoms with Gasteiger partial charge < -0.3 is 5.32 Å². The van der Waals surface area contributed by atoms with E-state index in [2.05, 4.69) is 15.3 Å². The van der Waals surface area contributed by atoms with Gasteiger partial charge in [0.05, 0.1) is 5.41 Å². The molecule has 1 spiro atoms. The van der Waals surface area contributed by atoms with Crippen molar-refractivity contribution in [2.75, 3.05) is 11.4 Å². The number of rotatable bonds is 3. The van der Waals surface area contributed by atoms with E-state index in [0.717, 1.165) is 12.3 Å². The Kier molecular flexibility index (Phi) is 5.40. The average Bonchev–Trinajstić information content (AvgIpc) is 3.03. The molecular weight excluding hydrogens is 416 g/mol. The number of halogens is 4. The maximum Gasteiger partial charge on any atom is 0.451 e. The largest absolute Gasteiger partial charge is 0.451 e. The fraction of sp³-hybridized carbons (Fsp3) is 0.429. The van der Waals surface area contributed by atoms with Crippen LogP contribution in [0, 0.1) is 11.2 Å². The Morgan fingerprint density at radius 3 is 2.77 bits per heavy atom. The first-order chi connectivity index (χ1) is 14.7. The summed E-state index contributed by atoms with van der Waals surface area (Å²) in [5, 5.41) is 2.87. The molecule has 1 saturated carbocycles. The lowest BCUT2D eigenvalue weighted by molar-refractivity contribution is -0.145. The topological polar surface area (TPSA) is 75.2 Å². The van der Waals surface area contributed by atoms with E-state index in [1.54, 1.807) is 0 Å². The van der Waals surface area contributed by atoms with Crippen LogP contribution in [-0.4, -0.2) is 34.4 Å². The van der Waals surface area contributed by atoms with Crippen molar-refractivity contribution in [3.05, 3.63) is 53.7 Å². The molecule has 2 unspecified atom stereocenters. The molecule has 0 bridgehead atoms. The summed E-state index contributed by atoms with van der Waals surface area (Å²) in [6, 6.07) is 6.34. The molecule has 2 atom stereocenters. The second kappa shape index (κ2) is 7.90. The number of carbonyl (C=O) groups excluding carboxylic acids is 2. The zero-order valence-corrected chi connectivity index (χ0v) is 16.5. The van der Waals surface area contributed by atoms with Crippen LogP contribution in [0.5, 0.6) is 0 Å². The number of hydrogen-bond donors (Lipinski definition) is 1. The van der Waals surface area contributed by atoms with Crippen molar-refractivity contribution in [2.45, 2.75) is 44.3 Å². The average molecular weight is 436 g/mol. The summed E-state index contributed by atoms with van der Waals surface area (Å²) < 4.78 is 52.2. The molecule has 2 heterocycles. The van der Waals surface area contributed by atoms with E-state index in [1.807, 2.05) is 0 Å². The molecule has 1 aromatic heterocycles. The zero-order chi connectivity index (χ0) is 22.2. The molecule has 4 rings (SSSR count). The van der Waals surface area contributed by atoms with Crippen LogP contribution in [0.2, 0.25) is 0 Å². The van der Waals surface area contributed by atoms with Gasteiger partial charge in [0.1, 0.15) is 11.6 Å². The number of anilines is 1. The van der Waals surface area contributed by atoms with Crippen LogP contribution in [0.15, 0.2) is 36.5 Å². The maximum absolute atomic E-state index is 13.4. The van der Waals surface area contributed by atoms with Gasteiger partial charge in [-0.05, 0) is 49.9 Å². The fourth-order valence-corrected chi connectivity index (χ4v) is 4.48. The van der Waals surface area contributed by atoms with Crippen LogP contribution < -0.4 is 10.2 Å². The minimum Gasteiger partial charge on any atom is -0.349 e. The van der Waals surface area contributed by atoms with Crippen molar-refractivity contribution in [1.29, 1.82) is 0 Å². The second-order valence-corrected chi connectivity index (χ2v) is 8.00. The Morgan fingerprint density at radius 2 is 2.03 bits per heavy atom. The van der Waals surface area contributed by atoms with E-state index in [0.29, 0.717) is 32.1 Å². The molecule has 1 aromatic carbocycles. The summed E-state index contributed by atoms with van der Waals surface area (Å²) >= 11 is 0. The third kappa shape index (κ3) is 4.24. The van der Waals surface area contributed by atoms with E-state index in [9.17, 15) is 27.2 Å². The smallest absolute Gasteiger partial charge is 0.349 e. The van der Waals surface area contributed by atoms with Crippen molar-refractivity contribution >= 4 is 17.6 Å². The van der Waals surface area contributed by atoms with Gasteiger partial charge in [0.2, 0.25) is 11.7 Å². The lowest BCUT2D eigenvalue weighted by Gasteiger charge is -2.36. The second-order valence-electron chi connectivity index (χ2n) is 8.00. The minimum absolute atomic E-state index is 0.0740. The molecule has 1 saturated heterocycles. The highest BCUT2D eigenvalue weighted by atomic mass is 19.4. The minimum atomic E-state index is -4.70. The van der Waals surface area contributed by atoms with E-state index in [1.165, 1.54) is 29.2 Å². The molecule has 2 aliphatic rings. The fourth-order valence-electron chi connectivity index (χ4n) is 4.48. The van der Waals surface area contributed by atoms with Crippen LogP contribution >= 0.6 is 0 Å². The van der Waals surface area contributed by atoms with E-state index in [-0.39, 0.29) is 29.9 Å². The summed E-state index contributed by atoms with van der Waals surface area (Å²) in [4.78, 5) is 33.7. The molecule has 2 fully saturated rings. The van der Waals surface area contributed by atoms with Crippen molar-refractivity contribution < 1.29 is 27.2 Å². The number of nitrogens with one attached hydrogen (secondary N) is 1. The summed E-state index contributed by atoms with van der Waals surface area (Å²) in [6.45, 7) is 0.248. The first-order valence-corrected chi connectivity index (χ1v) is 9.97. The molecule has 164 valence electrons. The van der Waals surface area contributed by atoms with Gasteiger partial charge in [0.15, 0.2) is 0 Å². The Morgan fingerprint density at radius 1 is 1.23 bits per heavy atom. The van der Waals surface area contributed by atoms with Crippen LogP contribution in [-0.2, 0) is 11.0 Å². The third-order valence-electron chi connectivity index (χ3n) is 5.95. The summed E-state index contributed by atoms with van der Waals surface area (Å²) in [6.07, 6.45) is -0.928. The van der Waals surface area contributed by atoms with Crippen LogP contribution in [0.3, 0.4) is 0 Å². The van der Waals surface area contributed by atoms with Gasteiger partial charge >= 0.3 is 6.18 Å². The van der Waals surface area contributed by atoms with Gasteiger partial charge in [0.25, 0.3) is 5.91 Å². The molecule has 2 aromatic rings. The monoisotopic (exact) mass is 436 g/mol. The molecular formula is C21H20F4N4O2. The molecule has 10 heteroatoms. The van der Waals surface area contributed by atoms with Gasteiger partial charge in [-0.1, -0.05) is 12.5 Å². The van der Waals surface area contributed by atoms with Crippen molar-refractivity contribution in [3.63, 3.8) is 0 Å². The zero-order valence-electron chi connectivity index (χ0n) is 16.5. The van der Waals surface area contributed by atoms with Crippen LogP contribution in [0.25, 0.3) is 0 Å². The lowest BCUT2D eigenvalue weighted by atomic mass is 9.71. The Balaban J connectivity index is 1.48. The van der Waals surface area contributed by atoms with Crippen molar-refractivity contribution in [1.82, 2.24) is 15.3 Å². The van der Waals surface area contributed by atoms with Crippen LogP contribution in [0.4, 0.5) is 23.4 Å².